The molecule has 2 N–H and O–H groups in total. The van der Waals surface area contributed by atoms with Gasteiger partial charge >= 0.3 is 5.97 Å². The van der Waals surface area contributed by atoms with Crippen LogP contribution in [0.4, 0.5) is 0 Å². The van der Waals surface area contributed by atoms with Gasteiger partial charge in [-0.1, -0.05) is 6.92 Å². The van der Waals surface area contributed by atoms with Gasteiger partial charge in [0.15, 0.2) is 0 Å². The Morgan fingerprint density at radius 2 is 2.33 bits per heavy atom. The van der Waals surface area contributed by atoms with Gasteiger partial charge in [-0.25, -0.2) is 4.79 Å². The molecule has 0 aliphatic carbocycles. The third-order valence-electron chi connectivity index (χ3n) is 2.59. The maximum atomic E-state index is 11.7. The normalized spacial score (nSPS) is 22.1. The molecule has 2 unspecified atom stereocenters. The molecule has 0 spiro atoms. The van der Waals surface area contributed by atoms with Crippen LogP contribution in [0, 0.1) is 0 Å². The van der Waals surface area contributed by atoms with Crippen molar-refractivity contribution in [2.24, 2.45) is 0 Å². The van der Waals surface area contributed by atoms with Crippen LogP contribution in [0.15, 0.2) is 0 Å². The molecule has 1 aliphatic rings. The first-order chi connectivity index (χ1) is 7.19. The van der Waals surface area contributed by atoms with E-state index < -0.39 is 6.04 Å². The second-order valence-corrected chi connectivity index (χ2v) is 3.64. The Hall–Kier alpha value is -1.10. The molecule has 0 aromatic carbocycles. The van der Waals surface area contributed by atoms with E-state index in [1.807, 2.05) is 6.92 Å². The van der Waals surface area contributed by atoms with E-state index in [1.54, 1.807) is 0 Å². The van der Waals surface area contributed by atoms with Crippen LogP contribution < -0.4 is 10.6 Å². The SMILES string of the molecule is CCC(NC(=O)C1CCCN1)C(=O)OC. The average Bonchev–Trinajstić information content (AvgIpc) is 2.77. The van der Waals surface area contributed by atoms with Crippen LogP contribution >= 0.6 is 0 Å². The summed E-state index contributed by atoms with van der Waals surface area (Å²) in [5.74, 6) is -0.492. The number of amides is 1. The number of ether oxygens (including phenoxy) is 1. The summed E-state index contributed by atoms with van der Waals surface area (Å²) in [6, 6.07) is -0.673. The monoisotopic (exact) mass is 214 g/mol. The molecule has 5 heteroatoms. The van der Waals surface area contributed by atoms with Gasteiger partial charge in [0.25, 0.3) is 0 Å². The molecule has 86 valence electrons. The summed E-state index contributed by atoms with van der Waals surface area (Å²) < 4.78 is 4.59. The molecule has 5 nitrogen and oxygen atoms in total. The number of esters is 1. The third kappa shape index (κ3) is 3.20. The van der Waals surface area contributed by atoms with Gasteiger partial charge in [-0.05, 0) is 25.8 Å². The number of carbonyl (C=O) groups excluding carboxylic acids is 2. The molecule has 15 heavy (non-hydrogen) atoms. The first-order valence-corrected chi connectivity index (χ1v) is 5.30. The first-order valence-electron chi connectivity index (χ1n) is 5.30. The van der Waals surface area contributed by atoms with Crippen molar-refractivity contribution in [3.8, 4) is 0 Å². The zero-order valence-electron chi connectivity index (χ0n) is 9.21. The first kappa shape index (κ1) is 12.0. The van der Waals surface area contributed by atoms with Crippen LogP contribution in [-0.4, -0.2) is 37.6 Å². The van der Waals surface area contributed by atoms with Crippen molar-refractivity contribution in [2.45, 2.75) is 38.3 Å². The Bertz CT molecular complexity index is 237. The van der Waals surface area contributed by atoms with E-state index in [0.717, 1.165) is 19.4 Å². The summed E-state index contributed by atoms with van der Waals surface area (Å²) in [6.07, 6.45) is 2.39. The molecule has 2 atom stereocenters. The second kappa shape index (κ2) is 5.70. The molecular weight excluding hydrogens is 196 g/mol. The summed E-state index contributed by atoms with van der Waals surface area (Å²) in [5, 5.41) is 5.76. The Labute approximate surface area is 89.6 Å². The van der Waals surface area contributed by atoms with Gasteiger partial charge in [-0.3, -0.25) is 4.79 Å². The van der Waals surface area contributed by atoms with Crippen molar-refractivity contribution in [1.29, 1.82) is 0 Å². The molecule has 0 radical (unpaired) electrons. The van der Waals surface area contributed by atoms with E-state index in [4.69, 9.17) is 0 Å². The second-order valence-electron chi connectivity index (χ2n) is 3.64. The topological polar surface area (TPSA) is 67.4 Å². The highest BCUT2D eigenvalue weighted by molar-refractivity contribution is 5.87. The van der Waals surface area contributed by atoms with E-state index in [9.17, 15) is 9.59 Å². The number of carbonyl (C=O) groups is 2. The van der Waals surface area contributed by atoms with Crippen molar-refractivity contribution in [1.82, 2.24) is 10.6 Å². The molecule has 1 aliphatic heterocycles. The summed E-state index contributed by atoms with van der Waals surface area (Å²) >= 11 is 0. The number of hydrogen-bond donors (Lipinski definition) is 2. The Morgan fingerprint density at radius 3 is 2.80 bits per heavy atom. The molecule has 1 rings (SSSR count). The van der Waals surface area contributed by atoms with E-state index in [1.165, 1.54) is 7.11 Å². The number of rotatable bonds is 4. The van der Waals surface area contributed by atoms with Crippen molar-refractivity contribution < 1.29 is 14.3 Å². The number of nitrogens with one attached hydrogen (secondary N) is 2. The maximum absolute atomic E-state index is 11.7. The van der Waals surface area contributed by atoms with E-state index in [2.05, 4.69) is 15.4 Å². The fraction of sp³-hybridized carbons (Fsp3) is 0.800. The molecule has 1 heterocycles. The molecule has 0 bridgehead atoms. The highest BCUT2D eigenvalue weighted by atomic mass is 16.5. The molecule has 1 saturated heterocycles. The van der Waals surface area contributed by atoms with Gasteiger partial charge < -0.3 is 15.4 Å². The lowest BCUT2D eigenvalue weighted by Gasteiger charge is -2.17. The Balaban J connectivity index is 2.43. The van der Waals surface area contributed by atoms with Crippen LogP contribution in [0.3, 0.4) is 0 Å². The fourth-order valence-corrected chi connectivity index (χ4v) is 1.65. The minimum absolute atomic E-state index is 0.107. The van der Waals surface area contributed by atoms with Gasteiger partial charge in [0.2, 0.25) is 5.91 Å². The number of methoxy groups -OCH3 is 1. The van der Waals surface area contributed by atoms with Crippen molar-refractivity contribution >= 4 is 11.9 Å². The van der Waals surface area contributed by atoms with Gasteiger partial charge in [0.1, 0.15) is 6.04 Å². The predicted molar refractivity (Wildman–Crippen MR) is 55.3 cm³/mol. The fourth-order valence-electron chi connectivity index (χ4n) is 1.65. The summed E-state index contributed by atoms with van der Waals surface area (Å²) in [5.41, 5.74) is 0. The lowest BCUT2D eigenvalue weighted by atomic mass is 10.1. The quantitative estimate of drug-likeness (QED) is 0.636. The average molecular weight is 214 g/mol. The summed E-state index contributed by atoms with van der Waals surface area (Å²) in [7, 11) is 1.32. The molecule has 1 fully saturated rings. The van der Waals surface area contributed by atoms with E-state index >= 15 is 0 Å². The molecule has 0 saturated carbocycles. The smallest absolute Gasteiger partial charge is 0.328 e. The largest absolute Gasteiger partial charge is 0.467 e. The lowest BCUT2D eigenvalue weighted by Crippen LogP contribution is -2.48. The van der Waals surface area contributed by atoms with Crippen molar-refractivity contribution in [3.63, 3.8) is 0 Å². The zero-order valence-corrected chi connectivity index (χ0v) is 9.21. The minimum Gasteiger partial charge on any atom is -0.467 e. The van der Waals surface area contributed by atoms with Crippen LogP contribution in [-0.2, 0) is 14.3 Å². The van der Waals surface area contributed by atoms with Gasteiger partial charge in [0.05, 0.1) is 13.2 Å². The highest BCUT2D eigenvalue weighted by Crippen LogP contribution is 2.05. The zero-order chi connectivity index (χ0) is 11.3. The van der Waals surface area contributed by atoms with Crippen molar-refractivity contribution in [3.05, 3.63) is 0 Å². The molecular formula is C10H18N2O3. The molecule has 1 amide bonds. The van der Waals surface area contributed by atoms with Crippen LogP contribution in [0.25, 0.3) is 0 Å². The van der Waals surface area contributed by atoms with E-state index in [-0.39, 0.29) is 17.9 Å². The Morgan fingerprint density at radius 1 is 1.60 bits per heavy atom. The minimum atomic E-state index is -0.523. The van der Waals surface area contributed by atoms with Crippen LogP contribution in [0.1, 0.15) is 26.2 Å². The van der Waals surface area contributed by atoms with Crippen LogP contribution in [0.2, 0.25) is 0 Å². The van der Waals surface area contributed by atoms with Gasteiger partial charge in [-0.15, -0.1) is 0 Å². The summed E-state index contributed by atoms with van der Waals surface area (Å²) in [4.78, 5) is 22.9. The number of hydrogen-bond acceptors (Lipinski definition) is 4. The highest BCUT2D eigenvalue weighted by Gasteiger charge is 2.26. The summed E-state index contributed by atoms with van der Waals surface area (Å²) in [6.45, 7) is 2.71. The van der Waals surface area contributed by atoms with Gasteiger partial charge in [0, 0.05) is 0 Å². The standard InChI is InChI=1S/C10H18N2O3/c1-3-7(10(14)15-2)12-9(13)8-5-4-6-11-8/h7-8,11H,3-6H2,1-2H3,(H,12,13). The van der Waals surface area contributed by atoms with E-state index in [0.29, 0.717) is 6.42 Å². The predicted octanol–water partition coefficient (Wildman–Crippen LogP) is -0.194. The van der Waals surface area contributed by atoms with Crippen LogP contribution in [0.5, 0.6) is 0 Å². The van der Waals surface area contributed by atoms with Gasteiger partial charge in [-0.2, -0.15) is 0 Å². The molecule has 0 aromatic heterocycles. The third-order valence-corrected chi connectivity index (χ3v) is 2.59. The van der Waals surface area contributed by atoms with Crippen molar-refractivity contribution in [2.75, 3.05) is 13.7 Å². The molecule has 0 aromatic rings. The maximum Gasteiger partial charge on any atom is 0.328 e. The Kier molecular flexibility index (Phi) is 4.55. The lowest BCUT2D eigenvalue weighted by molar-refractivity contribution is -0.145.